The van der Waals surface area contributed by atoms with E-state index in [9.17, 15) is 4.79 Å². The molecule has 0 aliphatic carbocycles. The molecule has 2 nitrogen and oxygen atoms in total. The summed E-state index contributed by atoms with van der Waals surface area (Å²) in [4.78, 5) is 13.1. The van der Waals surface area contributed by atoms with E-state index in [4.69, 9.17) is 0 Å². The Kier molecular flexibility index (Phi) is 5.26. The second-order valence-electron chi connectivity index (χ2n) is 4.59. The molecule has 0 aliphatic heterocycles. The van der Waals surface area contributed by atoms with E-state index in [1.54, 1.807) is 0 Å². The van der Waals surface area contributed by atoms with Gasteiger partial charge in [-0.15, -0.1) is 11.8 Å². The number of nitrogens with one attached hydrogen (secondary N) is 1. The summed E-state index contributed by atoms with van der Waals surface area (Å²) in [7, 11) is 0. The van der Waals surface area contributed by atoms with Gasteiger partial charge in [0.25, 0.3) is 0 Å². The van der Waals surface area contributed by atoms with Crippen molar-refractivity contribution < 1.29 is 4.79 Å². The van der Waals surface area contributed by atoms with E-state index in [2.05, 4.69) is 27.3 Å². The van der Waals surface area contributed by atoms with Gasteiger partial charge in [0.2, 0.25) is 5.91 Å². The number of aryl methyl sites for hydroxylation is 2. The van der Waals surface area contributed by atoms with Gasteiger partial charge in [-0.3, -0.25) is 4.79 Å². The average Bonchev–Trinajstić information content (AvgIpc) is 2.42. The molecule has 0 fully saturated rings. The first-order chi connectivity index (χ1) is 9.56. The van der Waals surface area contributed by atoms with Crippen molar-refractivity contribution in [3.8, 4) is 0 Å². The van der Waals surface area contributed by atoms with Gasteiger partial charge in [-0.05, 0) is 59.1 Å². The molecule has 0 aromatic heterocycles. The molecule has 2 aromatic carbocycles. The highest BCUT2D eigenvalue weighted by Gasteiger charge is 2.09. The van der Waals surface area contributed by atoms with Crippen molar-refractivity contribution in [3.05, 3.63) is 58.1 Å². The molecule has 0 spiro atoms. The van der Waals surface area contributed by atoms with E-state index >= 15 is 0 Å². The highest BCUT2D eigenvalue weighted by atomic mass is 79.9. The van der Waals surface area contributed by atoms with Crippen LogP contribution in [0.1, 0.15) is 11.1 Å². The maximum atomic E-state index is 12.0. The molecule has 1 amide bonds. The van der Waals surface area contributed by atoms with Crippen LogP contribution in [-0.4, -0.2) is 11.7 Å². The smallest absolute Gasteiger partial charge is 0.234 e. The minimum Gasteiger partial charge on any atom is -0.324 e. The van der Waals surface area contributed by atoms with Crippen LogP contribution in [0, 0.1) is 13.8 Å². The predicted molar refractivity (Wildman–Crippen MR) is 89.4 cm³/mol. The lowest BCUT2D eigenvalue weighted by molar-refractivity contribution is -0.113. The fourth-order valence-corrected chi connectivity index (χ4v) is 3.41. The van der Waals surface area contributed by atoms with Gasteiger partial charge in [-0.2, -0.15) is 0 Å². The molecule has 0 heterocycles. The number of rotatable bonds is 4. The van der Waals surface area contributed by atoms with Crippen LogP contribution in [0.25, 0.3) is 0 Å². The highest BCUT2D eigenvalue weighted by Crippen LogP contribution is 2.28. The largest absolute Gasteiger partial charge is 0.324 e. The van der Waals surface area contributed by atoms with E-state index < -0.39 is 0 Å². The lowest BCUT2D eigenvalue weighted by Crippen LogP contribution is -2.15. The molecule has 0 radical (unpaired) electrons. The molecular weight excluding hydrogens is 334 g/mol. The van der Waals surface area contributed by atoms with Crippen LogP contribution < -0.4 is 5.32 Å². The molecule has 2 rings (SSSR count). The summed E-state index contributed by atoms with van der Waals surface area (Å²) in [6, 6.07) is 14.0. The first-order valence-corrected chi connectivity index (χ1v) is 8.08. The summed E-state index contributed by atoms with van der Waals surface area (Å²) in [5, 5.41) is 2.97. The number of amides is 1. The van der Waals surface area contributed by atoms with Crippen LogP contribution in [0.2, 0.25) is 0 Å². The molecule has 0 atom stereocenters. The summed E-state index contributed by atoms with van der Waals surface area (Å²) in [5.74, 6) is 0.413. The maximum Gasteiger partial charge on any atom is 0.234 e. The third-order valence-electron chi connectivity index (χ3n) is 2.81. The lowest BCUT2D eigenvalue weighted by Gasteiger charge is -2.11. The third kappa shape index (κ3) is 4.12. The van der Waals surface area contributed by atoms with E-state index in [1.807, 2.05) is 50.2 Å². The number of carbonyl (C=O) groups excluding carboxylic acids is 1. The van der Waals surface area contributed by atoms with Crippen LogP contribution in [-0.2, 0) is 4.79 Å². The molecular formula is C16H16BrNOS. The first kappa shape index (κ1) is 15.1. The van der Waals surface area contributed by atoms with E-state index in [0.29, 0.717) is 5.75 Å². The molecule has 4 heteroatoms. The monoisotopic (exact) mass is 349 g/mol. The summed E-state index contributed by atoms with van der Waals surface area (Å²) in [5.41, 5.74) is 3.09. The number of hydrogen-bond donors (Lipinski definition) is 1. The van der Waals surface area contributed by atoms with Crippen molar-refractivity contribution in [3.63, 3.8) is 0 Å². The SMILES string of the molecule is Cc1cc(C)c(NC(=O)CSc2ccccc2)c(Br)c1. The fraction of sp³-hybridized carbons (Fsp3) is 0.188. The van der Waals surface area contributed by atoms with Crippen LogP contribution in [0.4, 0.5) is 5.69 Å². The van der Waals surface area contributed by atoms with Gasteiger partial charge in [-0.1, -0.05) is 24.3 Å². The molecule has 2 aromatic rings. The molecule has 0 unspecified atom stereocenters. The predicted octanol–water partition coefficient (Wildman–Crippen LogP) is 4.80. The Morgan fingerprint density at radius 1 is 1.20 bits per heavy atom. The van der Waals surface area contributed by atoms with E-state index in [-0.39, 0.29) is 5.91 Å². The van der Waals surface area contributed by atoms with Crippen molar-refractivity contribution in [2.24, 2.45) is 0 Å². The highest BCUT2D eigenvalue weighted by molar-refractivity contribution is 9.10. The minimum absolute atomic E-state index is 0.00602. The molecule has 0 saturated heterocycles. The van der Waals surface area contributed by atoms with E-state index in [1.165, 1.54) is 17.3 Å². The molecule has 0 bridgehead atoms. The number of carbonyl (C=O) groups is 1. The van der Waals surface area contributed by atoms with Gasteiger partial charge in [-0.25, -0.2) is 0 Å². The molecule has 1 N–H and O–H groups in total. The Bertz CT molecular complexity index is 590. The zero-order valence-corrected chi connectivity index (χ0v) is 13.8. The van der Waals surface area contributed by atoms with E-state index in [0.717, 1.165) is 20.6 Å². The van der Waals surface area contributed by atoms with Crippen LogP contribution in [0.5, 0.6) is 0 Å². The Morgan fingerprint density at radius 2 is 1.90 bits per heavy atom. The van der Waals surface area contributed by atoms with Crippen LogP contribution in [0.3, 0.4) is 0 Å². The lowest BCUT2D eigenvalue weighted by atomic mass is 10.1. The maximum absolute atomic E-state index is 12.0. The Balaban J connectivity index is 1.98. The number of halogens is 1. The van der Waals surface area contributed by atoms with Gasteiger partial charge >= 0.3 is 0 Å². The van der Waals surface area contributed by atoms with Gasteiger partial charge in [0.05, 0.1) is 11.4 Å². The Hall–Kier alpha value is -1.26. The third-order valence-corrected chi connectivity index (χ3v) is 4.45. The van der Waals surface area contributed by atoms with Gasteiger partial charge in [0.15, 0.2) is 0 Å². The molecule has 20 heavy (non-hydrogen) atoms. The number of thioether (sulfide) groups is 1. The average molecular weight is 350 g/mol. The first-order valence-electron chi connectivity index (χ1n) is 6.30. The topological polar surface area (TPSA) is 29.1 Å². The summed E-state index contributed by atoms with van der Waals surface area (Å²) in [6.45, 7) is 4.03. The quantitative estimate of drug-likeness (QED) is 0.803. The molecule has 0 aliphatic rings. The van der Waals surface area contributed by atoms with Crippen molar-refractivity contribution in [1.29, 1.82) is 0 Å². The summed E-state index contributed by atoms with van der Waals surface area (Å²) in [6.07, 6.45) is 0. The minimum atomic E-state index is 0.00602. The fourth-order valence-electron chi connectivity index (χ4n) is 1.92. The van der Waals surface area contributed by atoms with Crippen LogP contribution >= 0.6 is 27.7 Å². The van der Waals surface area contributed by atoms with Gasteiger partial charge < -0.3 is 5.32 Å². The molecule has 104 valence electrons. The van der Waals surface area contributed by atoms with Gasteiger partial charge in [0.1, 0.15) is 0 Å². The van der Waals surface area contributed by atoms with Crippen molar-refractivity contribution in [1.82, 2.24) is 0 Å². The van der Waals surface area contributed by atoms with Crippen molar-refractivity contribution in [2.45, 2.75) is 18.7 Å². The second-order valence-corrected chi connectivity index (χ2v) is 6.49. The zero-order valence-electron chi connectivity index (χ0n) is 11.4. The summed E-state index contributed by atoms with van der Waals surface area (Å²) >= 11 is 5.04. The van der Waals surface area contributed by atoms with Crippen molar-refractivity contribution in [2.75, 3.05) is 11.1 Å². The van der Waals surface area contributed by atoms with Crippen LogP contribution in [0.15, 0.2) is 51.8 Å². The van der Waals surface area contributed by atoms with Crippen molar-refractivity contribution >= 4 is 39.3 Å². The number of anilines is 1. The summed E-state index contributed by atoms with van der Waals surface area (Å²) < 4.78 is 0.924. The number of benzene rings is 2. The number of hydrogen-bond acceptors (Lipinski definition) is 2. The zero-order chi connectivity index (χ0) is 14.5. The Morgan fingerprint density at radius 3 is 2.55 bits per heavy atom. The normalized spacial score (nSPS) is 10.3. The Labute approximate surface area is 132 Å². The van der Waals surface area contributed by atoms with Gasteiger partial charge in [0, 0.05) is 9.37 Å². The second kappa shape index (κ2) is 6.95. The molecule has 0 saturated carbocycles. The standard InChI is InChI=1S/C16H16BrNOS/c1-11-8-12(2)16(14(17)9-11)18-15(19)10-20-13-6-4-3-5-7-13/h3-9H,10H2,1-2H3,(H,18,19).